The first-order valence-corrected chi connectivity index (χ1v) is 5.85. The molecule has 0 aliphatic heterocycles. The Bertz CT molecular complexity index is 538. The molecule has 4 heteroatoms. The number of ketones is 1. The minimum absolute atomic E-state index is 0.0648. The highest BCUT2D eigenvalue weighted by atomic mass is 35.5. The summed E-state index contributed by atoms with van der Waals surface area (Å²) in [5.41, 5.74) is 0.803. The highest BCUT2D eigenvalue weighted by Crippen LogP contribution is 2.28. The van der Waals surface area contributed by atoms with Crippen LogP contribution in [0.15, 0.2) is 34.7 Å². The fraction of sp³-hybridized carbons (Fsp3) is 0.154. The number of rotatable bonds is 3. The van der Waals surface area contributed by atoms with Crippen molar-refractivity contribution >= 4 is 29.0 Å². The standard InChI is InChI=1S/C13H10Cl2O2/c1-8(16)4-12-2-3-13(17-12)9-5-10(14)7-11(15)6-9/h2-3,5-7H,4H2,1H3. The quantitative estimate of drug-likeness (QED) is 0.827. The van der Waals surface area contributed by atoms with E-state index in [-0.39, 0.29) is 5.78 Å². The molecule has 0 N–H and O–H groups in total. The Morgan fingerprint density at radius 3 is 2.41 bits per heavy atom. The Labute approximate surface area is 109 Å². The minimum Gasteiger partial charge on any atom is -0.461 e. The van der Waals surface area contributed by atoms with E-state index in [1.54, 1.807) is 30.3 Å². The number of carbonyl (C=O) groups excluding carboxylic acids is 1. The molecule has 2 rings (SSSR count). The lowest BCUT2D eigenvalue weighted by Gasteiger charge is -1.99. The van der Waals surface area contributed by atoms with E-state index in [1.807, 2.05) is 0 Å². The van der Waals surface area contributed by atoms with Gasteiger partial charge in [-0.3, -0.25) is 4.79 Å². The summed E-state index contributed by atoms with van der Waals surface area (Å²) in [6, 6.07) is 8.78. The van der Waals surface area contributed by atoms with E-state index in [0.717, 1.165) is 5.56 Å². The monoisotopic (exact) mass is 268 g/mol. The number of furan rings is 1. The fourth-order valence-corrected chi connectivity index (χ4v) is 2.10. The molecule has 0 saturated heterocycles. The molecule has 1 aromatic heterocycles. The van der Waals surface area contributed by atoms with Crippen molar-refractivity contribution in [2.24, 2.45) is 0 Å². The molecule has 1 aromatic carbocycles. The second-order valence-corrected chi connectivity index (χ2v) is 4.68. The molecule has 0 spiro atoms. The minimum atomic E-state index is 0.0648. The first kappa shape index (κ1) is 12.2. The van der Waals surface area contributed by atoms with Crippen molar-refractivity contribution < 1.29 is 9.21 Å². The predicted molar refractivity (Wildman–Crippen MR) is 68.5 cm³/mol. The van der Waals surface area contributed by atoms with Crippen LogP contribution in [-0.2, 0) is 11.2 Å². The normalized spacial score (nSPS) is 10.5. The van der Waals surface area contributed by atoms with Gasteiger partial charge in [-0.1, -0.05) is 23.2 Å². The zero-order valence-corrected chi connectivity index (χ0v) is 10.7. The lowest BCUT2D eigenvalue weighted by atomic mass is 10.2. The van der Waals surface area contributed by atoms with E-state index in [1.165, 1.54) is 6.92 Å². The van der Waals surface area contributed by atoms with Gasteiger partial charge in [0.05, 0.1) is 6.42 Å². The van der Waals surface area contributed by atoms with Gasteiger partial charge in [0, 0.05) is 15.6 Å². The molecule has 0 unspecified atom stereocenters. The Morgan fingerprint density at radius 1 is 1.18 bits per heavy atom. The fourth-order valence-electron chi connectivity index (χ4n) is 1.57. The maximum Gasteiger partial charge on any atom is 0.137 e. The SMILES string of the molecule is CC(=O)Cc1ccc(-c2cc(Cl)cc(Cl)c2)o1. The Hall–Kier alpha value is -1.25. The first-order chi connectivity index (χ1) is 8.04. The topological polar surface area (TPSA) is 30.2 Å². The molecule has 88 valence electrons. The summed E-state index contributed by atoms with van der Waals surface area (Å²) in [7, 11) is 0. The molecule has 17 heavy (non-hydrogen) atoms. The van der Waals surface area contributed by atoms with Crippen LogP contribution in [0, 0.1) is 0 Å². The second kappa shape index (κ2) is 4.94. The maximum atomic E-state index is 11.0. The molecule has 2 nitrogen and oxygen atoms in total. The van der Waals surface area contributed by atoms with E-state index < -0.39 is 0 Å². The van der Waals surface area contributed by atoms with Crippen molar-refractivity contribution in [2.75, 3.05) is 0 Å². The van der Waals surface area contributed by atoms with Crippen LogP contribution in [-0.4, -0.2) is 5.78 Å². The lowest BCUT2D eigenvalue weighted by molar-refractivity contribution is -0.116. The third-order valence-corrected chi connectivity index (χ3v) is 2.67. The number of benzene rings is 1. The average molecular weight is 269 g/mol. The van der Waals surface area contributed by atoms with E-state index in [9.17, 15) is 4.79 Å². The van der Waals surface area contributed by atoms with Crippen LogP contribution < -0.4 is 0 Å². The van der Waals surface area contributed by atoms with Gasteiger partial charge in [0.25, 0.3) is 0 Å². The second-order valence-electron chi connectivity index (χ2n) is 3.80. The Kier molecular flexibility index (Phi) is 3.55. The van der Waals surface area contributed by atoms with Crippen molar-refractivity contribution in [1.82, 2.24) is 0 Å². The summed E-state index contributed by atoms with van der Waals surface area (Å²) < 4.78 is 5.55. The van der Waals surface area contributed by atoms with Gasteiger partial charge in [0.15, 0.2) is 0 Å². The van der Waals surface area contributed by atoms with Gasteiger partial charge >= 0.3 is 0 Å². The molecule has 0 atom stereocenters. The van der Waals surface area contributed by atoms with Crippen LogP contribution in [0.5, 0.6) is 0 Å². The number of Topliss-reactive ketones (excluding diaryl/α,β-unsaturated/α-hetero) is 1. The summed E-state index contributed by atoms with van der Waals surface area (Å²) in [5.74, 6) is 1.37. The summed E-state index contributed by atoms with van der Waals surface area (Å²) >= 11 is 11.8. The van der Waals surface area contributed by atoms with Crippen LogP contribution in [0.25, 0.3) is 11.3 Å². The number of hydrogen-bond donors (Lipinski definition) is 0. The Balaban J connectivity index is 2.33. The average Bonchev–Trinajstić information content (AvgIpc) is 2.63. The van der Waals surface area contributed by atoms with Crippen molar-refractivity contribution in [3.05, 3.63) is 46.1 Å². The van der Waals surface area contributed by atoms with Gasteiger partial charge in [0.2, 0.25) is 0 Å². The largest absolute Gasteiger partial charge is 0.461 e. The van der Waals surface area contributed by atoms with Crippen molar-refractivity contribution in [1.29, 1.82) is 0 Å². The Morgan fingerprint density at radius 2 is 1.82 bits per heavy atom. The van der Waals surface area contributed by atoms with Gasteiger partial charge in [-0.2, -0.15) is 0 Å². The third-order valence-electron chi connectivity index (χ3n) is 2.23. The molecule has 2 aromatic rings. The number of hydrogen-bond acceptors (Lipinski definition) is 2. The highest BCUT2D eigenvalue weighted by Gasteiger charge is 2.08. The summed E-state index contributed by atoms with van der Waals surface area (Å²) in [5, 5.41) is 1.11. The molecule has 0 aliphatic carbocycles. The van der Waals surface area contributed by atoms with E-state index in [0.29, 0.717) is 28.0 Å². The smallest absolute Gasteiger partial charge is 0.137 e. The van der Waals surface area contributed by atoms with Crippen LogP contribution in [0.1, 0.15) is 12.7 Å². The van der Waals surface area contributed by atoms with Gasteiger partial charge in [0.1, 0.15) is 17.3 Å². The molecule has 0 radical (unpaired) electrons. The molecular weight excluding hydrogens is 259 g/mol. The molecule has 0 bridgehead atoms. The molecule has 0 fully saturated rings. The van der Waals surface area contributed by atoms with Crippen LogP contribution >= 0.6 is 23.2 Å². The summed E-state index contributed by atoms with van der Waals surface area (Å²) in [6.45, 7) is 1.53. The van der Waals surface area contributed by atoms with E-state index in [2.05, 4.69) is 0 Å². The zero-order valence-electron chi connectivity index (χ0n) is 9.17. The molecule has 0 amide bonds. The predicted octanol–water partition coefficient (Wildman–Crippen LogP) is 4.38. The van der Waals surface area contributed by atoms with Gasteiger partial charge in [-0.25, -0.2) is 0 Å². The summed E-state index contributed by atoms with van der Waals surface area (Å²) in [4.78, 5) is 11.0. The maximum absolute atomic E-state index is 11.0. The molecule has 0 aliphatic rings. The van der Waals surface area contributed by atoms with Crippen molar-refractivity contribution in [3.8, 4) is 11.3 Å². The van der Waals surface area contributed by atoms with Crippen molar-refractivity contribution in [2.45, 2.75) is 13.3 Å². The van der Waals surface area contributed by atoms with Crippen LogP contribution in [0.2, 0.25) is 10.0 Å². The van der Waals surface area contributed by atoms with Crippen LogP contribution in [0.3, 0.4) is 0 Å². The molecule has 1 heterocycles. The highest BCUT2D eigenvalue weighted by molar-refractivity contribution is 6.35. The van der Waals surface area contributed by atoms with Crippen molar-refractivity contribution in [3.63, 3.8) is 0 Å². The van der Waals surface area contributed by atoms with Crippen LogP contribution in [0.4, 0.5) is 0 Å². The van der Waals surface area contributed by atoms with Gasteiger partial charge < -0.3 is 4.42 Å². The third kappa shape index (κ3) is 3.11. The van der Waals surface area contributed by atoms with Gasteiger partial charge in [-0.15, -0.1) is 0 Å². The molecular formula is C13H10Cl2O2. The van der Waals surface area contributed by atoms with E-state index in [4.69, 9.17) is 27.6 Å². The van der Waals surface area contributed by atoms with Gasteiger partial charge in [-0.05, 0) is 37.3 Å². The lowest BCUT2D eigenvalue weighted by Crippen LogP contribution is -1.93. The van der Waals surface area contributed by atoms with E-state index >= 15 is 0 Å². The number of carbonyl (C=O) groups is 1. The zero-order chi connectivity index (χ0) is 12.4. The molecule has 0 saturated carbocycles. The number of halogens is 2. The summed E-state index contributed by atoms with van der Waals surface area (Å²) in [6.07, 6.45) is 0.300. The first-order valence-electron chi connectivity index (χ1n) is 5.09.